The van der Waals surface area contributed by atoms with E-state index in [0.717, 1.165) is 18.2 Å². The summed E-state index contributed by atoms with van der Waals surface area (Å²) in [7, 11) is 0. The van der Waals surface area contributed by atoms with E-state index in [1.807, 2.05) is 18.2 Å². The number of ether oxygens (including phenoxy) is 1. The molecule has 3 aromatic rings. The summed E-state index contributed by atoms with van der Waals surface area (Å²) in [6.07, 6.45) is 2.72. The molecule has 138 valence electrons. The lowest BCUT2D eigenvalue weighted by Crippen LogP contribution is -2.24. The summed E-state index contributed by atoms with van der Waals surface area (Å²) in [6.45, 7) is 3.84. The second kappa shape index (κ2) is 8.41. The van der Waals surface area contributed by atoms with Gasteiger partial charge in [-0.25, -0.2) is 0 Å². The third kappa shape index (κ3) is 4.99. The van der Waals surface area contributed by atoms with Gasteiger partial charge >= 0.3 is 0 Å². The minimum Gasteiger partial charge on any atom is -0.489 e. The Bertz CT molecular complexity index is 853. The quantitative estimate of drug-likeness (QED) is 0.561. The first kappa shape index (κ1) is 17.8. The highest BCUT2D eigenvalue weighted by Crippen LogP contribution is 2.31. The summed E-state index contributed by atoms with van der Waals surface area (Å²) in [4.78, 5) is 0. The van der Waals surface area contributed by atoms with Crippen molar-refractivity contribution in [1.82, 2.24) is 5.32 Å². The highest BCUT2D eigenvalue weighted by Gasteiger charge is 2.23. The van der Waals surface area contributed by atoms with Crippen molar-refractivity contribution in [2.45, 2.75) is 32.4 Å². The summed E-state index contributed by atoms with van der Waals surface area (Å²) in [6, 6.07) is 27.9. The van der Waals surface area contributed by atoms with E-state index < -0.39 is 0 Å². The zero-order valence-electron chi connectivity index (χ0n) is 15.9. The molecule has 3 aromatic carbocycles. The van der Waals surface area contributed by atoms with Crippen LogP contribution in [-0.2, 0) is 6.61 Å². The van der Waals surface area contributed by atoms with Crippen LogP contribution in [0.2, 0.25) is 0 Å². The fraction of sp³-hybridized carbons (Fsp3) is 0.280. The zero-order chi connectivity index (χ0) is 18.5. The Morgan fingerprint density at radius 2 is 1.67 bits per heavy atom. The van der Waals surface area contributed by atoms with Crippen LogP contribution < -0.4 is 10.1 Å². The number of aryl methyl sites for hydroxylation is 1. The van der Waals surface area contributed by atoms with E-state index in [0.29, 0.717) is 6.61 Å². The van der Waals surface area contributed by atoms with Crippen LogP contribution in [0.1, 0.15) is 41.1 Å². The van der Waals surface area contributed by atoms with Gasteiger partial charge in [0.25, 0.3) is 0 Å². The molecule has 1 atom stereocenters. The van der Waals surface area contributed by atoms with Gasteiger partial charge in [-0.15, -0.1) is 0 Å². The SMILES string of the molecule is Cc1cccc(C(NCC2CC2)c2ccc(OCc3ccccc3)cc2)c1. The molecule has 1 unspecified atom stereocenters. The summed E-state index contributed by atoms with van der Waals surface area (Å²) in [5, 5.41) is 3.78. The standard InChI is InChI=1S/C25H27NO/c1-19-6-5-9-23(16-19)25(26-17-20-10-11-20)22-12-14-24(15-13-22)27-18-21-7-3-2-4-8-21/h2-9,12-16,20,25-26H,10-11,17-18H2,1H3. The molecule has 1 aliphatic carbocycles. The van der Waals surface area contributed by atoms with E-state index in [9.17, 15) is 0 Å². The second-order valence-electron chi connectivity index (χ2n) is 7.54. The van der Waals surface area contributed by atoms with Gasteiger partial charge in [0.1, 0.15) is 12.4 Å². The van der Waals surface area contributed by atoms with E-state index in [1.54, 1.807) is 0 Å². The first-order valence-electron chi connectivity index (χ1n) is 9.84. The van der Waals surface area contributed by atoms with Crippen LogP contribution in [0.25, 0.3) is 0 Å². The molecular weight excluding hydrogens is 330 g/mol. The second-order valence-corrected chi connectivity index (χ2v) is 7.54. The van der Waals surface area contributed by atoms with Crippen LogP contribution in [-0.4, -0.2) is 6.54 Å². The molecular formula is C25H27NO. The maximum Gasteiger partial charge on any atom is 0.119 e. The monoisotopic (exact) mass is 357 g/mol. The highest BCUT2D eigenvalue weighted by molar-refractivity contribution is 5.37. The van der Waals surface area contributed by atoms with E-state index in [2.05, 4.69) is 72.9 Å². The largest absolute Gasteiger partial charge is 0.489 e. The van der Waals surface area contributed by atoms with Gasteiger partial charge in [-0.05, 0) is 61.1 Å². The minimum absolute atomic E-state index is 0.230. The van der Waals surface area contributed by atoms with Crippen molar-refractivity contribution in [3.05, 3.63) is 101 Å². The maximum atomic E-state index is 5.94. The Labute approximate surface area is 162 Å². The topological polar surface area (TPSA) is 21.3 Å². The summed E-state index contributed by atoms with van der Waals surface area (Å²) in [5.74, 6) is 1.76. The molecule has 0 spiro atoms. The molecule has 4 rings (SSSR count). The van der Waals surface area contributed by atoms with Gasteiger partial charge in [-0.1, -0.05) is 72.3 Å². The lowest BCUT2D eigenvalue weighted by atomic mass is 9.97. The molecule has 0 aliphatic heterocycles. The van der Waals surface area contributed by atoms with Gasteiger partial charge in [-0.3, -0.25) is 0 Å². The summed E-state index contributed by atoms with van der Waals surface area (Å²) >= 11 is 0. The van der Waals surface area contributed by atoms with Crippen molar-refractivity contribution >= 4 is 0 Å². The van der Waals surface area contributed by atoms with Crippen LogP contribution in [0.5, 0.6) is 5.75 Å². The van der Waals surface area contributed by atoms with E-state index in [-0.39, 0.29) is 6.04 Å². The average Bonchev–Trinajstić information content (AvgIpc) is 3.53. The normalized spacial score (nSPS) is 14.7. The Morgan fingerprint density at radius 1 is 0.889 bits per heavy atom. The molecule has 0 heterocycles. The van der Waals surface area contributed by atoms with Gasteiger partial charge in [0.15, 0.2) is 0 Å². The predicted molar refractivity (Wildman–Crippen MR) is 111 cm³/mol. The molecule has 0 bridgehead atoms. The zero-order valence-corrected chi connectivity index (χ0v) is 15.9. The lowest BCUT2D eigenvalue weighted by molar-refractivity contribution is 0.306. The fourth-order valence-corrected chi connectivity index (χ4v) is 3.38. The van der Waals surface area contributed by atoms with Crippen molar-refractivity contribution in [3.8, 4) is 5.75 Å². The summed E-state index contributed by atoms with van der Waals surface area (Å²) in [5.41, 5.74) is 5.10. The van der Waals surface area contributed by atoms with E-state index >= 15 is 0 Å². The number of rotatable bonds is 8. The third-order valence-corrected chi connectivity index (χ3v) is 5.14. The molecule has 1 aliphatic rings. The molecule has 1 N–H and O–H groups in total. The molecule has 2 nitrogen and oxygen atoms in total. The van der Waals surface area contributed by atoms with Crippen LogP contribution in [0.4, 0.5) is 0 Å². The van der Waals surface area contributed by atoms with Crippen molar-refractivity contribution < 1.29 is 4.74 Å². The van der Waals surface area contributed by atoms with Crippen LogP contribution in [0.3, 0.4) is 0 Å². The number of hydrogen-bond donors (Lipinski definition) is 1. The first-order valence-corrected chi connectivity index (χ1v) is 9.84. The van der Waals surface area contributed by atoms with E-state index in [4.69, 9.17) is 4.74 Å². The van der Waals surface area contributed by atoms with Crippen molar-refractivity contribution in [2.75, 3.05) is 6.54 Å². The van der Waals surface area contributed by atoms with E-state index in [1.165, 1.54) is 35.1 Å². The lowest BCUT2D eigenvalue weighted by Gasteiger charge is -2.21. The highest BCUT2D eigenvalue weighted by atomic mass is 16.5. The molecule has 27 heavy (non-hydrogen) atoms. The molecule has 0 amide bonds. The minimum atomic E-state index is 0.230. The third-order valence-electron chi connectivity index (χ3n) is 5.14. The molecule has 1 fully saturated rings. The molecule has 2 heteroatoms. The van der Waals surface area contributed by atoms with Crippen molar-refractivity contribution in [3.63, 3.8) is 0 Å². The van der Waals surface area contributed by atoms with Gasteiger partial charge in [0, 0.05) is 0 Å². The Balaban J connectivity index is 1.47. The maximum absolute atomic E-state index is 5.94. The first-order chi connectivity index (χ1) is 13.3. The number of benzene rings is 3. The predicted octanol–water partition coefficient (Wildman–Crippen LogP) is 5.66. The van der Waals surface area contributed by atoms with Crippen LogP contribution in [0.15, 0.2) is 78.9 Å². The average molecular weight is 357 g/mol. The van der Waals surface area contributed by atoms with Gasteiger partial charge in [0.2, 0.25) is 0 Å². The van der Waals surface area contributed by atoms with Crippen LogP contribution in [0, 0.1) is 12.8 Å². The molecule has 1 saturated carbocycles. The number of hydrogen-bond acceptors (Lipinski definition) is 2. The smallest absolute Gasteiger partial charge is 0.119 e. The van der Waals surface area contributed by atoms with Crippen LogP contribution >= 0.6 is 0 Å². The molecule has 0 aromatic heterocycles. The summed E-state index contributed by atoms with van der Waals surface area (Å²) < 4.78 is 5.94. The molecule has 0 radical (unpaired) electrons. The van der Waals surface area contributed by atoms with Gasteiger partial charge in [0.05, 0.1) is 6.04 Å². The fourth-order valence-electron chi connectivity index (χ4n) is 3.38. The Kier molecular flexibility index (Phi) is 5.55. The van der Waals surface area contributed by atoms with Gasteiger partial charge < -0.3 is 10.1 Å². The Morgan fingerprint density at radius 3 is 2.37 bits per heavy atom. The van der Waals surface area contributed by atoms with Crippen molar-refractivity contribution in [1.29, 1.82) is 0 Å². The van der Waals surface area contributed by atoms with Gasteiger partial charge in [-0.2, -0.15) is 0 Å². The molecule has 0 saturated heterocycles. The number of nitrogens with one attached hydrogen (secondary N) is 1. The Hall–Kier alpha value is -2.58. The van der Waals surface area contributed by atoms with Crippen molar-refractivity contribution in [2.24, 2.45) is 5.92 Å².